The fourth-order valence-electron chi connectivity index (χ4n) is 2.34. The van der Waals surface area contributed by atoms with Gasteiger partial charge in [0.1, 0.15) is 5.75 Å². The number of hydrogen-bond donors (Lipinski definition) is 1. The van der Waals surface area contributed by atoms with Crippen molar-refractivity contribution in [3.8, 4) is 5.75 Å². The van der Waals surface area contributed by atoms with E-state index in [4.69, 9.17) is 4.74 Å². The molecule has 0 aliphatic carbocycles. The molecule has 1 atom stereocenters. The molecular formula is C16H21NOS. The summed E-state index contributed by atoms with van der Waals surface area (Å²) in [5, 5.41) is 7.78. The lowest BCUT2D eigenvalue weighted by Crippen LogP contribution is -2.17. The lowest BCUT2D eigenvalue weighted by Gasteiger charge is -2.18. The highest BCUT2D eigenvalue weighted by atomic mass is 32.1. The highest BCUT2D eigenvalue weighted by Crippen LogP contribution is 2.25. The van der Waals surface area contributed by atoms with Crippen molar-refractivity contribution < 1.29 is 4.74 Å². The van der Waals surface area contributed by atoms with Gasteiger partial charge >= 0.3 is 0 Å². The van der Waals surface area contributed by atoms with Crippen molar-refractivity contribution in [2.75, 3.05) is 14.2 Å². The third-order valence-electron chi connectivity index (χ3n) is 3.47. The fourth-order valence-corrected chi connectivity index (χ4v) is 3.05. The Morgan fingerprint density at radius 3 is 2.74 bits per heavy atom. The summed E-state index contributed by atoms with van der Waals surface area (Å²) in [6, 6.07) is 9.02. The summed E-state index contributed by atoms with van der Waals surface area (Å²) < 4.78 is 5.31. The minimum atomic E-state index is 0.393. The lowest BCUT2D eigenvalue weighted by molar-refractivity contribution is 0.411. The van der Waals surface area contributed by atoms with Gasteiger partial charge in [-0.25, -0.2) is 0 Å². The van der Waals surface area contributed by atoms with Crippen LogP contribution in [0.3, 0.4) is 0 Å². The first kappa shape index (κ1) is 14.1. The molecule has 2 rings (SSSR count). The molecule has 0 aliphatic heterocycles. The van der Waals surface area contributed by atoms with Crippen LogP contribution in [0.5, 0.6) is 5.75 Å². The highest BCUT2D eigenvalue weighted by molar-refractivity contribution is 7.07. The third-order valence-corrected chi connectivity index (χ3v) is 4.20. The van der Waals surface area contributed by atoms with Gasteiger partial charge in [0.25, 0.3) is 0 Å². The van der Waals surface area contributed by atoms with Gasteiger partial charge < -0.3 is 10.1 Å². The molecule has 2 aromatic rings. The van der Waals surface area contributed by atoms with Gasteiger partial charge in [0.2, 0.25) is 0 Å². The van der Waals surface area contributed by atoms with Crippen LogP contribution in [0.1, 0.15) is 29.2 Å². The van der Waals surface area contributed by atoms with Gasteiger partial charge in [-0.3, -0.25) is 0 Å². The summed E-state index contributed by atoms with van der Waals surface area (Å²) in [5.41, 5.74) is 3.95. The molecule has 1 N–H and O–H groups in total. The number of nitrogens with one attached hydrogen (secondary N) is 1. The standard InChI is InChI=1S/C16H21NOS/c1-12-10-14(5-7-16(12)18-3)15(17-2)6-4-13-8-9-19-11-13/h5,7-11,15,17H,4,6H2,1-3H3. The molecule has 2 nitrogen and oxygen atoms in total. The van der Waals surface area contributed by atoms with Gasteiger partial charge in [0, 0.05) is 6.04 Å². The molecule has 102 valence electrons. The maximum atomic E-state index is 5.31. The Morgan fingerprint density at radius 1 is 1.32 bits per heavy atom. The van der Waals surface area contributed by atoms with Crippen LogP contribution in [0.4, 0.5) is 0 Å². The average molecular weight is 275 g/mol. The van der Waals surface area contributed by atoms with Crippen molar-refractivity contribution in [3.05, 3.63) is 51.7 Å². The lowest BCUT2D eigenvalue weighted by atomic mass is 9.98. The fraction of sp³-hybridized carbons (Fsp3) is 0.375. The van der Waals surface area contributed by atoms with Crippen LogP contribution in [0, 0.1) is 6.92 Å². The molecule has 1 aromatic carbocycles. The Hall–Kier alpha value is -1.32. The van der Waals surface area contributed by atoms with Crippen molar-refractivity contribution in [1.29, 1.82) is 0 Å². The van der Waals surface area contributed by atoms with E-state index in [0.717, 1.165) is 18.6 Å². The summed E-state index contributed by atoms with van der Waals surface area (Å²) in [4.78, 5) is 0. The number of rotatable bonds is 6. The molecule has 0 fully saturated rings. The number of methoxy groups -OCH3 is 1. The first-order valence-electron chi connectivity index (χ1n) is 6.57. The zero-order valence-electron chi connectivity index (χ0n) is 11.8. The number of thiophene rings is 1. The van der Waals surface area contributed by atoms with E-state index >= 15 is 0 Å². The molecule has 0 amide bonds. The molecular weight excluding hydrogens is 254 g/mol. The Kier molecular flexibility index (Phi) is 5.00. The van der Waals surface area contributed by atoms with Crippen LogP contribution in [-0.2, 0) is 6.42 Å². The second-order valence-corrected chi connectivity index (χ2v) is 5.52. The SMILES string of the molecule is CNC(CCc1ccsc1)c1ccc(OC)c(C)c1. The minimum Gasteiger partial charge on any atom is -0.496 e. The van der Waals surface area contributed by atoms with E-state index < -0.39 is 0 Å². The van der Waals surface area contributed by atoms with Crippen LogP contribution in [0.2, 0.25) is 0 Å². The Morgan fingerprint density at radius 2 is 2.16 bits per heavy atom. The third kappa shape index (κ3) is 3.58. The average Bonchev–Trinajstić information content (AvgIpc) is 2.93. The normalized spacial score (nSPS) is 12.4. The molecule has 0 bridgehead atoms. The summed E-state index contributed by atoms with van der Waals surface area (Å²) >= 11 is 1.77. The Balaban J connectivity index is 2.06. The van der Waals surface area contributed by atoms with E-state index in [1.54, 1.807) is 18.4 Å². The number of benzene rings is 1. The van der Waals surface area contributed by atoms with E-state index in [0.29, 0.717) is 6.04 Å². The van der Waals surface area contributed by atoms with Gasteiger partial charge in [0.15, 0.2) is 0 Å². The van der Waals surface area contributed by atoms with Crippen molar-refractivity contribution in [2.24, 2.45) is 0 Å². The second-order valence-electron chi connectivity index (χ2n) is 4.74. The zero-order valence-corrected chi connectivity index (χ0v) is 12.6. The van der Waals surface area contributed by atoms with Gasteiger partial charge in [0.05, 0.1) is 7.11 Å². The second kappa shape index (κ2) is 6.73. The minimum absolute atomic E-state index is 0.393. The van der Waals surface area contributed by atoms with Crippen LogP contribution in [0.15, 0.2) is 35.0 Å². The summed E-state index contributed by atoms with van der Waals surface area (Å²) in [6.45, 7) is 2.09. The molecule has 1 heterocycles. The maximum absolute atomic E-state index is 5.31. The van der Waals surface area contributed by atoms with E-state index in [1.807, 2.05) is 7.05 Å². The summed E-state index contributed by atoms with van der Waals surface area (Å²) in [7, 11) is 3.74. The Labute approximate surface area is 119 Å². The topological polar surface area (TPSA) is 21.3 Å². The predicted molar refractivity (Wildman–Crippen MR) is 82.2 cm³/mol. The van der Waals surface area contributed by atoms with Crippen molar-refractivity contribution in [3.63, 3.8) is 0 Å². The smallest absolute Gasteiger partial charge is 0.121 e. The van der Waals surface area contributed by atoms with Crippen molar-refractivity contribution in [1.82, 2.24) is 5.32 Å². The quantitative estimate of drug-likeness (QED) is 0.861. The van der Waals surface area contributed by atoms with E-state index in [2.05, 4.69) is 47.3 Å². The van der Waals surface area contributed by atoms with Gasteiger partial charge in [-0.2, -0.15) is 11.3 Å². The van der Waals surface area contributed by atoms with E-state index in [-0.39, 0.29) is 0 Å². The van der Waals surface area contributed by atoms with Gasteiger partial charge in [-0.05, 0) is 66.4 Å². The molecule has 1 aromatic heterocycles. The molecule has 3 heteroatoms. The van der Waals surface area contributed by atoms with Crippen LogP contribution >= 0.6 is 11.3 Å². The summed E-state index contributed by atoms with van der Waals surface area (Å²) in [6.07, 6.45) is 2.22. The van der Waals surface area contributed by atoms with E-state index in [9.17, 15) is 0 Å². The molecule has 0 radical (unpaired) electrons. The van der Waals surface area contributed by atoms with Crippen LogP contribution in [-0.4, -0.2) is 14.2 Å². The van der Waals surface area contributed by atoms with E-state index in [1.165, 1.54) is 16.7 Å². The monoisotopic (exact) mass is 275 g/mol. The predicted octanol–water partition coefficient (Wildman–Crippen LogP) is 3.96. The molecule has 0 aliphatic rings. The van der Waals surface area contributed by atoms with Crippen LogP contribution in [0.25, 0.3) is 0 Å². The zero-order chi connectivity index (χ0) is 13.7. The molecule has 0 spiro atoms. The number of ether oxygens (including phenoxy) is 1. The highest BCUT2D eigenvalue weighted by Gasteiger charge is 2.11. The Bertz CT molecular complexity index is 507. The molecule has 19 heavy (non-hydrogen) atoms. The van der Waals surface area contributed by atoms with Gasteiger partial charge in [-0.15, -0.1) is 0 Å². The number of hydrogen-bond acceptors (Lipinski definition) is 3. The molecule has 1 unspecified atom stereocenters. The van der Waals surface area contributed by atoms with Crippen molar-refractivity contribution in [2.45, 2.75) is 25.8 Å². The first-order valence-corrected chi connectivity index (χ1v) is 7.51. The molecule has 0 saturated heterocycles. The largest absolute Gasteiger partial charge is 0.496 e. The van der Waals surface area contributed by atoms with Gasteiger partial charge in [-0.1, -0.05) is 12.1 Å². The first-order chi connectivity index (χ1) is 9.24. The number of aryl methyl sites for hydroxylation is 2. The summed E-state index contributed by atoms with van der Waals surface area (Å²) in [5.74, 6) is 0.955. The molecule has 0 saturated carbocycles. The maximum Gasteiger partial charge on any atom is 0.121 e. The van der Waals surface area contributed by atoms with Crippen molar-refractivity contribution >= 4 is 11.3 Å². The van der Waals surface area contributed by atoms with Crippen LogP contribution < -0.4 is 10.1 Å².